The number of aromatic carboxylic acids is 1. The highest BCUT2D eigenvalue weighted by molar-refractivity contribution is 7.98. The monoisotopic (exact) mass is 515 g/mol. The van der Waals surface area contributed by atoms with E-state index in [2.05, 4.69) is 0 Å². The van der Waals surface area contributed by atoms with Crippen LogP contribution in [0.4, 0.5) is 13.2 Å². The SMILES string of the molecule is CCn1c(Cc2ccc(SC)cc2C(F)(F)F)cc(=O)c(C(=O)O)c1-c1ccc(Cl)c(Cl)c1. The van der Waals surface area contributed by atoms with Gasteiger partial charge in [-0.15, -0.1) is 11.8 Å². The molecule has 33 heavy (non-hydrogen) atoms. The van der Waals surface area contributed by atoms with E-state index in [1.807, 2.05) is 0 Å². The van der Waals surface area contributed by atoms with Crippen LogP contribution in [0.3, 0.4) is 0 Å². The molecule has 174 valence electrons. The minimum Gasteiger partial charge on any atom is -0.477 e. The minimum absolute atomic E-state index is 0.0231. The largest absolute Gasteiger partial charge is 0.477 e. The fraction of sp³-hybridized carbons (Fsp3) is 0.217. The first-order valence-corrected chi connectivity index (χ1v) is 11.7. The molecule has 0 aliphatic carbocycles. The number of halogens is 5. The molecule has 3 rings (SSSR count). The molecule has 0 aliphatic heterocycles. The summed E-state index contributed by atoms with van der Waals surface area (Å²) in [6.45, 7) is 1.91. The van der Waals surface area contributed by atoms with Crippen molar-refractivity contribution in [3.63, 3.8) is 0 Å². The van der Waals surface area contributed by atoms with Crippen molar-refractivity contribution in [2.75, 3.05) is 6.26 Å². The van der Waals surface area contributed by atoms with E-state index in [0.717, 1.165) is 12.1 Å². The van der Waals surface area contributed by atoms with Crippen LogP contribution in [-0.4, -0.2) is 21.9 Å². The van der Waals surface area contributed by atoms with E-state index in [1.54, 1.807) is 19.2 Å². The van der Waals surface area contributed by atoms with Crippen molar-refractivity contribution in [1.29, 1.82) is 0 Å². The molecule has 0 saturated heterocycles. The quantitative estimate of drug-likeness (QED) is 0.364. The summed E-state index contributed by atoms with van der Waals surface area (Å²) < 4.78 is 42.7. The van der Waals surface area contributed by atoms with E-state index in [1.165, 1.54) is 40.6 Å². The van der Waals surface area contributed by atoms with Crippen molar-refractivity contribution in [2.45, 2.75) is 31.0 Å². The lowest BCUT2D eigenvalue weighted by molar-refractivity contribution is -0.138. The van der Waals surface area contributed by atoms with Gasteiger partial charge in [-0.05, 0) is 43.0 Å². The second kappa shape index (κ2) is 9.83. The normalized spacial score (nSPS) is 11.6. The van der Waals surface area contributed by atoms with Crippen molar-refractivity contribution in [3.8, 4) is 11.3 Å². The van der Waals surface area contributed by atoms with Gasteiger partial charge in [0.1, 0.15) is 5.56 Å². The Morgan fingerprint density at radius 2 is 1.79 bits per heavy atom. The molecule has 1 aromatic heterocycles. The Morgan fingerprint density at radius 3 is 2.33 bits per heavy atom. The molecule has 10 heteroatoms. The number of hydrogen-bond donors (Lipinski definition) is 1. The third kappa shape index (κ3) is 5.23. The van der Waals surface area contributed by atoms with Gasteiger partial charge in [-0.3, -0.25) is 4.79 Å². The van der Waals surface area contributed by atoms with Crippen LogP contribution in [0.5, 0.6) is 0 Å². The molecule has 3 aromatic rings. The molecule has 2 aromatic carbocycles. The van der Waals surface area contributed by atoms with Gasteiger partial charge in [0.25, 0.3) is 0 Å². The standard InChI is InChI=1S/C23H18Cl2F3NO3S/c1-3-29-14(8-12-4-6-15(33-2)11-16(12)23(26,27)28)10-19(30)20(22(31)32)21(29)13-5-7-17(24)18(25)9-13/h4-7,9-11H,3,8H2,1-2H3,(H,31,32). The zero-order valence-corrected chi connectivity index (χ0v) is 19.8. The number of rotatable bonds is 6. The molecule has 0 bridgehead atoms. The predicted molar refractivity (Wildman–Crippen MR) is 125 cm³/mol. The van der Waals surface area contributed by atoms with Gasteiger partial charge in [0, 0.05) is 35.2 Å². The van der Waals surface area contributed by atoms with E-state index in [4.69, 9.17) is 23.2 Å². The van der Waals surface area contributed by atoms with E-state index in [-0.39, 0.29) is 40.0 Å². The van der Waals surface area contributed by atoms with Crippen LogP contribution in [-0.2, 0) is 19.1 Å². The molecule has 1 heterocycles. The van der Waals surface area contributed by atoms with Crippen molar-refractivity contribution in [3.05, 3.63) is 85.1 Å². The summed E-state index contributed by atoms with van der Waals surface area (Å²) in [7, 11) is 0. The molecule has 0 saturated carbocycles. The maximum Gasteiger partial charge on any atom is 0.416 e. The molecule has 4 nitrogen and oxygen atoms in total. The number of carboxylic acid groups (broad SMARTS) is 1. The van der Waals surface area contributed by atoms with Gasteiger partial charge in [0.15, 0.2) is 5.43 Å². The number of thioether (sulfide) groups is 1. The number of alkyl halides is 3. The minimum atomic E-state index is -4.59. The van der Waals surface area contributed by atoms with Crippen molar-refractivity contribution >= 4 is 40.9 Å². The third-order valence-corrected chi connectivity index (χ3v) is 6.58. The Labute approximate surface area is 202 Å². The number of carbonyl (C=O) groups is 1. The van der Waals surface area contributed by atoms with Crippen LogP contribution in [0, 0.1) is 0 Å². The number of benzene rings is 2. The lowest BCUT2D eigenvalue weighted by atomic mass is 9.98. The summed E-state index contributed by atoms with van der Waals surface area (Å²) in [6.07, 6.45) is -3.13. The maximum atomic E-state index is 13.7. The summed E-state index contributed by atoms with van der Waals surface area (Å²) >= 11 is 13.3. The van der Waals surface area contributed by atoms with Crippen molar-refractivity contribution in [1.82, 2.24) is 4.57 Å². The number of pyridine rings is 1. The molecule has 0 amide bonds. The van der Waals surface area contributed by atoms with Crippen LogP contribution < -0.4 is 5.43 Å². The van der Waals surface area contributed by atoms with Crippen LogP contribution >= 0.6 is 35.0 Å². The number of nitrogens with zero attached hydrogens (tertiary/aromatic N) is 1. The van der Waals surface area contributed by atoms with Crippen LogP contribution in [0.25, 0.3) is 11.3 Å². The zero-order chi connectivity index (χ0) is 24.5. The smallest absolute Gasteiger partial charge is 0.416 e. The summed E-state index contributed by atoms with van der Waals surface area (Å²) in [6, 6.07) is 9.51. The highest BCUT2D eigenvalue weighted by atomic mass is 35.5. The van der Waals surface area contributed by atoms with Crippen LogP contribution in [0.15, 0.2) is 52.2 Å². The molecule has 0 fully saturated rings. The number of hydrogen-bond acceptors (Lipinski definition) is 3. The van der Waals surface area contributed by atoms with E-state index >= 15 is 0 Å². The molecule has 1 N–H and O–H groups in total. The second-order valence-electron chi connectivity index (χ2n) is 7.10. The molecular weight excluding hydrogens is 498 g/mol. The summed E-state index contributed by atoms with van der Waals surface area (Å²) in [5, 5.41) is 10.1. The lowest BCUT2D eigenvalue weighted by Crippen LogP contribution is -2.24. The molecule has 0 spiro atoms. The molecule has 0 aliphatic rings. The first-order valence-electron chi connectivity index (χ1n) is 9.67. The number of aromatic nitrogens is 1. The van der Waals surface area contributed by atoms with Gasteiger partial charge >= 0.3 is 12.1 Å². The summed E-state index contributed by atoms with van der Waals surface area (Å²) in [5.74, 6) is -1.45. The Morgan fingerprint density at radius 1 is 1.09 bits per heavy atom. The van der Waals surface area contributed by atoms with Gasteiger partial charge in [0.2, 0.25) is 0 Å². The van der Waals surface area contributed by atoms with E-state index in [9.17, 15) is 27.9 Å². The Kier molecular flexibility index (Phi) is 7.51. The van der Waals surface area contributed by atoms with Gasteiger partial charge in [0.05, 0.1) is 21.3 Å². The zero-order valence-electron chi connectivity index (χ0n) is 17.5. The van der Waals surface area contributed by atoms with Gasteiger partial charge in [-0.25, -0.2) is 4.79 Å². The average molecular weight is 516 g/mol. The van der Waals surface area contributed by atoms with Gasteiger partial charge in [-0.1, -0.05) is 35.3 Å². The first-order chi connectivity index (χ1) is 15.5. The fourth-order valence-electron chi connectivity index (χ4n) is 3.65. The van der Waals surface area contributed by atoms with E-state index < -0.39 is 28.7 Å². The lowest BCUT2D eigenvalue weighted by Gasteiger charge is -2.21. The molecular formula is C23H18Cl2F3NO3S. The Balaban J connectivity index is 2.29. The maximum absolute atomic E-state index is 13.7. The van der Waals surface area contributed by atoms with Gasteiger partial charge in [-0.2, -0.15) is 13.2 Å². The van der Waals surface area contributed by atoms with Gasteiger partial charge < -0.3 is 9.67 Å². The highest BCUT2D eigenvalue weighted by Crippen LogP contribution is 2.36. The highest BCUT2D eigenvalue weighted by Gasteiger charge is 2.34. The Hall–Kier alpha value is -2.42. The summed E-state index contributed by atoms with van der Waals surface area (Å²) in [4.78, 5) is 25.2. The predicted octanol–water partition coefficient (Wildman–Crippen LogP) is 6.87. The molecule has 0 radical (unpaired) electrons. The van der Waals surface area contributed by atoms with Crippen LogP contribution in [0.1, 0.15) is 34.1 Å². The molecule has 0 unspecified atom stereocenters. The van der Waals surface area contributed by atoms with E-state index in [0.29, 0.717) is 10.5 Å². The fourth-order valence-corrected chi connectivity index (χ4v) is 4.39. The van der Waals surface area contributed by atoms with Crippen molar-refractivity contribution < 1.29 is 23.1 Å². The Bertz CT molecular complexity index is 1290. The van der Waals surface area contributed by atoms with Crippen molar-refractivity contribution in [2.24, 2.45) is 0 Å². The van der Waals surface area contributed by atoms with Crippen LogP contribution in [0.2, 0.25) is 10.0 Å². The first kappa shape index (κ1) is 25.2. The second-order valence-corrected chi connectivity index (χ2v) is 8.79. The molecule has 0 atom stereocenters. The third-order valence-electron chi connectivity index (χ3n) is 5.11. The average Bonchev–Trinajstić information content (AvgIpc) is 2.74. The summed E-state index contributed by atoms with van der Waals surface area (Å²) in [5.41, 5.74) is -1.51. The topological polar surface area (TPSA) is 59.3 Å². The number of carboxylic acids is 1.